The Morgan fingerprint density at radius 2 is 1.73 bits per heavy atom. The van der Waals surface area contributed by atoms with E-state index in [9.17, 15) is 4.79 Å². The lowest BCUT2D eigenvalue weighted by molar-refractivity contribution is -0.144. The van der Waals surface area contributed by atoms with E-state index in [0.717, 1.165) is 47.4 Å². The molecule has 4 rings (SSSR count). The minimum absolute atomic E-state index is 0. The summed E-state index contributed by atoms with van der Waals surface area (Å²) in [6.07, 6.45) is 4.75. The van der Waals surface area contributed by atoms with Crippen LogP contribution in [0.15, 0.2) is 28.9 Å². The molecule has 0 aliphatic carbocycles. The number of benzene rings is 1. The van der Waals surface area contributed by atoms with Gasteiger partial charge in [-0.25, -0.2) is 4.98 Å². The maximum absolute atomic E-state index is 11.9. The lowest BCUT2D eigenvalue weighted by atomic mass is 9.93. The molecule has 33 heavy (non-hydrogen) atoms. The number of piperidine rings is 1. The maximum atomic E-state index is 11.9. The monoisotopic (exact) mass is 533 g/mol. The van der Waals surface area contributed by atoms with Crippen LogP contribution >= 0.6 is 28.3 Å². The fraction of sp³-hybridized carbons (Fsp3) is 0.462. The summed E-state index contributed by atoms with van der Waals surface area (Å²) in [6, 6.07) is 6.63. The molecule has 0 N–H and O–H groups in total. The first-order valence-electron chi connectivity index (χ1n) is 11.5. The zero-order chi connectivity index (χ0) is 23.0. The highest BCUT2D eigenvalue weighted by Gasteiger charge is 2.25. The molecule has 3 aromatic rings. The number of hydrogen-bond donors (Lipinski definition) is 0. The van der Waals surface area contributed by atoms with Crippen LogP contribution < -0.4 is 4.90 Å². The SMILES string of the molecule is CCOC(=O)CC1CCN(c2cc(C)nc3c2c(C)cn3-c2cc(C)c(Br)c(C)c2)CC1.Cl. The molecule has 0 saturated carbocycles. The van der Waals surface area contributed by atoms with Crippen LogP contribution in [0.25, 0.3) is 16.7 Å². The van der Waals surface area contributed by atoms with Crippen LogP contribution in [0.5, 0.6) is 0 Å². The highest BCUT2D eigenvalue weighted by atomic mass is 79.9. The van der Waals surface area contributed by atoms with Gasteiger partial charge in [-0.15, -0.1) is 12.4 Å². The summed E-state index contributed by atoms with van der Waals surface area (Å²) >= 11 is 3.68. The van der Waals surface area contributed by atoms with Crippen molar-refractivity contribution in [3.8, 4) is 5.69 Å². The van der Waals surface area contributed by atoms with Gasteiger partial charge in [-0.3, -0.25) is 4.79 Å². The second-order valence-electron chi connectivity index (χ2n) is 9.00. The highest BCUT2D eigenvalue weighted by molar-refractivity contribution is 9.10. The van der Waals surface area contributed by atoms with Gasteiger partial charge in [0.15, 0.2) is 0 Å². The minimum Gasteiger partial charge on any atom is -0.466 e. The molecule has 0 amide bonds. The van der Waals surface area contributed by atoms with Crippen molar-refractivity contribution >= 4 is 51.0 Å². The average Bonchev–Trinajstić information content (AvgIpc) is 3.08. The van der Waals surface area contributed by atoms with E-state index in [1.165, 1.54) is 27.8 Å². The molecule has 2 aromatic heterocycles. The molecule has 0 spiro atoms. The maximum Gasteiger partial charge on any atom is 0.306 e. The third kappa shape index (κ3) is 5.22. The van der Waals surface area contributed by atoms with Crippen molar-refractivity contribution in [1.82, 2.24) is 9.55 Å². The van der Waals surface area contributed by atoms with Crippen molar-refractivity contribution in [2.45, 2.75) is 53.9 Å². The molecular weight excluding hydrogens is 502 g/mol. The van der Waals surface area contributed by atoms with E-state index in [2.05, 4.69) is 77.5 Å². The Morgan fingerprint density at radius 3 is 2.33 bits per heavy atom. The Bertz CT molecular complexity index is 1140. The van der Waals surface area contributed by atoms with Crippen LogP contribution in [0.2, 0.25) is 0 Å². The summed E-state index contributed by atoms with van der Waals surface area (Å²) in [5.74, 6) is 0.337. The number of anilines is 1. The van der Waals surface area contributed by atoms with Crippen molar-refractivity contribution in [2.75, 3.05) is 24.6 Å². The van der Waals surface area contributed by atoms with Gasteiger partial charge in [0.1, 0.15) is 5.65 Å². The number of aromatic nitrogens is 2. The first-order valence-corrected chi connectivity index (χ1v) is 12.2. The number of carbonyl (C=O) groups excluding carboxylic acids is 1. The topological polar surface area (TPSA) is 47.4 Å². The molecule has 1 fully saturated rings. The number of halogens is 2. The van der Waals surface area contributed by atoms with Crippen LogP contribution in [0.3, 0.4) is 0 Å². The van der Waals surface area contributed by atoms with Gasteiger partial charge in [0.2, 0.25) is 0 Å². The number of esters is 1. The molecule has 3 heterocycles. The van der Waals surface area contributed by atoms with Crippen LogP contribution in [0.1, 0.15) is 48.6 Å². The van der Waals surface area contributed by atoms with Crippen molar-refractivity contribution < 1.29 is 9.53 Å². The van der Waals surface area contributed by atoms with Crippen LogP contribution in [0.4, 0.5) is 5.69 Å². The van der Waals surface area contributed by atoms with Crippen LogP contribution in [-0.2, 0) is 9.53 Å². The van der Waals surface area contributed by atoms with Gasteiger partial charge in [-0.05, 0) is 88.3 Å². The van der Waals surface area contributed by atoms with Crippen molar-refractivity contribution in [3.63, 3.8) is 0 Å². The molecule has 178 valence electrons. The lowest BCUT2D eigenvalue weighted by Crippen LogP contribution is -2.34. The normalized spacial score (nSPS) is 14.4. The molecule has 7 heteroatoms. The largest absolute Gasteiger partial charge is 0.466 e. The third-order valence-electron chi connectivity index (χ3n) is 6.47. The number of hydrogen-bond acceptors (Lipinski definition) is 4. The Labute approximate surface area is 211 Å². The van der Waals surface area contributed by atoms with Gasteiger partial charge in [0.05, 0.1) is 6.61 Å². The van der Waals surface area contributed by atoms with E-state index >= 15 is 0 Å². The highest BCUT2D eigenvalue weighted by Crippen LogP contribution is 2.36. The quantitative estimate of drug-likeness (QED) is 0.345. The molecule has 5 nitrogen and oxygen atoms in total. The molecule has 0 radical (unpaired) electrons. The number of nitrogens with zero attached hydrogens (tertiary/aromatic N) is 3. The smallest absolute Gasteiger partial charge is 0.306 e. The Hall–Kier alpha value is -2.05. The molecule has 1 aliphatic heterocycles. The minimum atomic E-state index is -0.0684. The summed E-state index contributed by atoms with van der Waals surface area (Å²) in [4.78, 5) is 19.3. The lowest BCUT2D eigenvalue weighted by Gasteiger charge is -2.34. The van der Waals surface area contributed by atoms with Gasteiger partial charge < -0.3 is 14.2 Å². The van der Waals surface area contributed by atoms with E-state index in [-0.39, 0.29) is 18.4 Å². The van der Waals surface area contributed by atoms with E-state index in [1.807, 2.05) is 6.92 Å². The Kier molecular flexibility index (Phi) is 8.12. The molecule has 1 aliphatic rings. The number of pyridine rings is 1. The van der Waals surface area contributed by atoms with Crippen molar-refractivity contribution in [3.05, 3.63) is 51.3 Å². The zero-order valence-corrected chi connectivity index (χ0v) is 22.5. The van der Waals surface area contributed by atoms with Crippen LogP contribution in [0, 0.1) is 33.6 Å². The molecule has 1 aromatic carbocycles. The van der Waals surface area contributed by atoms with Gasteiger partial charge in [0.25, 0.3) is 0 Å². The molecule has 0 atom stereocenters. The van der Waals surface area contributed by atoms with Crippen molar-refractivity contribution in [1.29, 1.82) is 0 Å². The van der Waals surface area contributed by atoms with E-state index in [1.54, 1.807) is 0 Å². The number of ether oxygens (including phenoxy) is 1. The van der Waals surface area contributed by atoms with Gasteiger partial charge in [-0.2, -0.15) is 0 Å². The van der Waals surface area contributed by atoms with Gasteiger partial charge >= 0.3 is 5.97 Å². The average molecular weight is 535 g/mol. The van der Waals surface area contributed by atoms with E-state index in [4.69, 9.17) is 9.72 Å². The number of carbonyl (C=O) groups is 1. The summed E-state index contributed by atoms with van der Waals surface area (Å²) in [6.45, 7) is 12.7. The predicted octanol–water partition coefficient (Wildman–Crippen LogP) is 6.61. The second kappa shape index (κ2) is 10.5. The van der Waals surface area contributed by atoms with E-state index in [0.29, 0.717) is 18.9 Å². The number of fused-ring (bicyclic) bond motifs is 1. The van der Waals surface area contributed by atoms with E-state index < -0.39 is 0 Å². The first kappa shape index (κ1) is 25.6. The molecule has 0 bridgehead atoms. The first-order chi connectivity index (χ1) is 15.3. The molecule has 0 unspecified atom stereocenters. The van der Waals surface area contributed by atoms with Gasteiger partial charge in [-0.1, -0.05) is 15.9 Å². The second-order valence-corrected chi connectivity index (χ2v) is 9.79. The standard InChI is InChI=1S/C26H32BrN3O2.ClH/c1-6-32-23(31)14-20-7-9-29(10-8-20)22-13-19(5)28-26-24(22)18(4)15-30(26)21-11-16(2)25(27)17(3)12-21;/h11-13,15,20H,6-10,14H2,1-5H3;1H. The third-order valence-corrected chi connectivity index (χ3v) is 7.72. The van der Waals surface area contributed by atoms with Crippen molar-refractivity contribution in [2.24, 2.45) is 5.92 Å². The summed E-state index contributed by atoms with van der Waals surface area (Å²) < 4.78 is 8.53. The van der Waals surface area contributed by atoms with Crippen LogP contribution in [-0.4, -0.2) is 35.2 Å². The van der Waals surface area contributed by atoms with Gasteiger partial charge in [0, 0.05) is 52.6 Å². The number of rotatable bonds is 5. The fourth-order valence-electron chi connectivity index (χ4n) is 4.85. The molecular formula is C26H33BrClN3O2. The fourth-order valence-corrected chi connectivity index (χ4v) is 5.08. The summed E-state index contributed by atoms with van der Waals surface area (Å²) in [7, 11) is 0. The predicted molar refractivity (Wildman–Crippen MR) is 141 cm³/mol. The molecule has 1 saturated heterocycles. The Balaban J connectivity index is 0.00000306. The number of aryl methyl sites for hydroxylation is 4. The zero-order valence-electron chi connectivity index (χ0n) is 20.1. The summed E-state index contributed by atoms with van der Waals surface area (Å²) in [5.41, 5.74) is 8.09. The Morgan fingerprint density at radius 1 is 1.09 bits per heavy atom. The summed E-state index contributed by atoms with van der Waals surface area (Å²) in [5, 5.41) is 1.22.